The van der Waals surface area contributed by atoms with Crippen LogP contribution in [0.3, 0.4) is 0 Å². The van der Waals surface area contributed by atoms with Crippen LogP contribution in [0.15, 0.2) is 24.3 Å². The Bertz CT molecular complexity index is 1230. The number of fused-ring (bicyclic) bond motifs is 1. The van der Waals surface area contributed by atoms with Gasteiger partial charge in [-0.25, -0.2) is 8.78 Å². The number of hydrogen-bond donors (Lipinski definition) is 4. The summed E-state index contributed by atoms with van der Waals surface area (Å²) in [6.07, 6.45) is 2.56. The summed E-state index contributed by atoms with van der Waals surface area (Å²) in [5, 5.41) is 20.0. The van der Waals surface area contributed by atoms with Gasteiger partial charge < -0.3 is 30.7 Å². The highest BCUT2D eigenvalue weighted by atomic mass is 19.3. The second kappa shape index (κ2) is 15.6. The van der Waals surface area contributed by atoms with Crippen molar-refractivity contribution in [3.8, 4) is 5.75 Å². The molecule has 1 spiro atoms. The highest BCUT2D eigenvalue weighted by Gasteiger charge is 2.41. The fourth-order valence-electron chi connectivity index (χ4n) is 8.07. The van der Waals surface area contributed by atoms with Gasteiger partial charge in [-0.15, -0.1) is 0 Å². The van der Waals surface area contributed by atoms with Gasteiger partial charge in [-0.2, -0.15) is 0 Å². The monoisotopic (exact) mass is 661 g/mol. The topological polar surface area (TPSA) is 123 Å². The predicted octanol–water partition coefficient (Wildman–Crippen LogP) is 3.22. The number of ether oxygens (including phenoxy) is 1. The number of hydrogen-bond acceptors (Lipinski definition) is 7. The van der Waals surface area contributed by atoms with E-state index in [1.807, 2.05) is 18.2 Å². The number of benzene rings is 1. The molecule has 4 N–H and O–H groups in total. The average molecular weight is 662 g/mol. The Kier molecular flexibility index (Phi) is 11.8. The minimum Gasteiger partial charge on any atom is -0.497 e. The molecular formula is C35H53F2N5O5. The van der Waals surface area contributed by atoms with E-state index < -0.39 is 23.6 Å². The predicted molar refractivity (Wildman–Crippen MR) is 174 cm³/mol. The first-order valence-corrected chi connectivity index (χ1v) is 17.4. The molecule has 0 bridgehead atoms. The van der Waals surface area contributed by atoms with Gasteiger partial charge in [0.25, 0.3) is 0 Å². The van der Waals surface area contributed by atoms with E-state index >= 15 is 0 Å². The molecule has 4 aliphatic rings. The van der Waals surface area contributed by atoms with E-state index in [4.69, 9.17) is 4.74 Å². The summed E-state index contributed by atoms with van der Waals surface area (Å²) in [5.41, 5.74) is 0.378. The summed E-state index contributed by atoms with van der Waals surface area (Å²) in [6, 6.07) is 7.44. The van der Waals surface area contributed by atoms with Gasteiger partial charge in [0.2, 0.25) is 23.6 Å². The number of alkyl halides is 2. The lowest BCUT2D eigenvalue weighted by Gasteiger charge is -2.44. The molecule has 0 unspecified atom stereocenters. The van der Waals surface area contributed by atoms with Crippen LogP contribution in [0.2, 0.25) is 0 Å². The molecule has 3 aliphatic heterocycles. The van der Waals surface area contributed by atoms with Crippen molar-refractivity contribution in [3.05, 3.63) is 29.8 Å². The molecule has 3 amide bonds. The van der Waals surface area contributed by atoms with Gasteiger partial charge in [-0.3, -0.25) is 19.3 Å². The standard InChI is InChI=1S/C35H53F2N5O5/c1-24-30(43)20-32(45)40-34(12-16-41(17-13-34)22-25-4-3-5-29(18-25)47-2)21-33(46)38-14-8-27-23-42(15-9-26(27)19-31(44)39-24)28-6-10-35(36,37)11-7-28/h3-5,18,24,26-28,30,43H,6-17,19-23H2,1-2H3,(H,38,46)(H,39,44)(H,40,45)/t24-,26-,27-,30-/m0/s1. The zero-order chi connectivity index (χ0) is 33.6. The first-order chi connectivity index (χ1) is 22.4. The molecule has 3 heterocycles. The number of amides is 3. The van der Waals surface area contributed by atoms with Crippen LogP contribution in [0.5, 0.6) is 5.75 Å². The Balaban J connectivity index is 1.25. The Morgan fingerprint density at radius 1 is 0.936 bits per heavy atom. The number of aliphatic hydroxyl groups excluding tert-OH is 1. The van der Waals surface area contributed by atoms with Crippen molar-refractivity contribution in [1.82, 2.24) is 25.8 Å². The van der Waals surface area contributed by atoms with E-state index in [1.165, 1.54) is 0 Å². The molecule has 0 radical (unpaired) electrons. The van der Waals surface area contributed by atoms with Crippen LogP contribution in [0, 0.1) is 11.8 Å². The number of aliphatic hydroxyl groups is 1. The van der Waals surface area contributed by atoms with Gasteiger partial charge in [-0.1, -0.05) is 12.1 Å². The van der Waals surface area contributed by atoms with E-state index in [9.17, 15) is 28.3 Å². The van der Waals surface area contributed by atoms with Crippen molar-refractivity contribution < 1.29 is 33.0 Å². The Hall–Kier alpha value is -2.83. The third-order valence-corrected chi connectivity index (χ3v) is 11.0. The van der Waals surface area contributed by atoms with Crippen molar-refractivity contribution >= 4 is 17.7 Å². The Labute approximate surface area is 277 Å². The highest BCUT2D eigenvalue weighted by molar-refractivity contribution is 5.81. The molecule has 1 aromatic carbocycles. The lowest BCUT2D eigenvalue weighted by atomic mass is 9.79. The number of nitrogens with one attached hydrogen (secondary N) is 3. The van der Waals surface area contributed by atoms with Gasteiger partial charge in [0.05, 0.1) is 31.2 Å². The first-order valence-electron chi connectivity index (χ1n) is 17.4. The molecule has 0 aromatic heterocycles. The van der Waals surface area contributed by atoms with E-state index in [0.717, 1.165) is 30.8 Å². The minimum absolute atomic E-state index is 0.0778. The summed E-state index contributed by atoms with van der Waals surface area (Å²) >= 11 is 0. The van der Waals surface area contributed by atoms with Crippen LogP contribution in [-0.4, -0.2) is 102 Å². The summed E-state index contributed by atoms with van der Waals surface area (Å²) in [6.45, 7) is 5.72. The van der Waals surface area contributed by atoms with E-state index in [-0.39, 0.29) is 67.7 Å². The number of carbonyl (C=O) groups excluding carboxylic acids is 3. The molecule has 12 heteroatoms. The van der Waals surface area contributed by atoms with E-state index in [0.29, 0.717) is 58.3 Å². The molecule has 4 atom stereocenters. The van der Waals surface area contributed by atoms with Crippen molar-refractivity contribution in [2.24, 2.45) is 11.8 Å². The van der Waals surface area contributed by atoms with E-state index in [1.54, 1.807) is 14.0 Å². The maximum Gasteiger partial charge on any atom is 0.248 e. The summed E-state index contributed by atoms with van der Waals surface area (Å²) in [4.78, 5) is 44.4. The summed E-state index contributed by atoms with van der Waals surface area (Å²) in [7, 11) is 1.64. The number of rotatable bonds is 4. The zero-order valence-electron chi connectivity index (χ0n) is 27.9. The zero-order valence-corrected chi connectivity index (χ0v) is 27.9. The second-order valence-electron chi connectivity index (χ2n) is 14.5. The summed E-state index contributed by atoms with van der Waals surface area (Å²) < 4.78 is 33.1. The lowest BCUT2D eigenvalue weighted by molar-refractivity contribution is -0.130. The quantitative estimate of drug-likeness (QED) is 0.391. The molecule has 262 valence electrons. The minimum atomic E-state index is -2.58. The van der Waals surface area contributed by atoms with Crippen molar-refractivity contribution in [2.75, 3.05) is 39.8 Å². The van der Waals surface area contributed by atoms with Crippen molar-refractivity contribution in [1.29, 1.82) is 0 Å². The fourth-order valence-corrected chi connectivity index (χ4v) is 8.07. The smallest absolute Gasteiger partial charge is 0.248 e. The largest absolute Gasteiger partial charge is 0.497 e. The molecule has 1 saturated carbocycles. The number of piperidine rings is 2. The first kappa shape index (κ1) is 35.5. The van der Waals surface area contributed by atoms with Crippen LogP contribution >= 0.6 is 0 Å². The molecule has 1 aliphatic carbocycles. The van der Waals surface area contributed by atoms with Gasteiger partial charge in [0.1, 0.15) is 5.75 Å². The van der Waals surface area contributed by atoms with Gasteiger partial charge in [0.15, 0.2) is 0 Å². The van der Waals surface area contributed by atoms with Crippen LogP contribution < -0.4 is 20.7 Å². The third-order valence-electron chi connectivity index (χ3n) is 11.0. The number of carbonyl (C=O) groups is 3. The number of methoxy groups -OCH3 is 1. The second-order valence-corrected chi connectivity index (χ2v) is 14.5. The molecule has 1 aromatic rings. The van der Waals surface area contributed by atoms with Gasteiger partial charge in [-0.05, 0) is 81.5 Å². The number of likely N-dealkylation sites (tertiary alicyclic amines) is 2. The molecule has 5 rings (SSSR count). The lowest BCUT2D eigenvalue weighted by Crippen LogP contribution is -2.58. The Morgan fingerprint density at radius 3 is 2.40 bits per heavy atom. The van der Waals surface area contributed by atoms with E-state index in [2.05, 4.69) is 31.8 Å². The number of halogens is 2. The molecule has 4 fully saturated rings. The maximum absolute atomic E-state index is 13.9. The van der Waals surface area contributed by atoms with Crippen LogP contribution in [-0.2, 0) is 20.9 Å². The van der Waals surface area contributed by atoms with Crippen LogP contribution in [0.25, 0.3) is 0 Å². The van der Waals surface area contributed by atoms with Crippen LogP contribution in [0.1, 0.15) is 83.1 Å². The Morgan fingerprint density at radius 2 is 1.68 bits per heavy atom. The maximum atomic E-state index is 13.9. The number of nitrogens with zero attached hydrogens (tertiary/aromatic N) is 2. The normalized spacial score (nSPS) is 30.5. The van der Waals surface area contributed by atoms with Crippen LogP contribution in [0.4, 0.5) is 8.78 Å². The fraction of sp³-hybridized carbons (Fsp3) is 0.743. The third kappa shape index (κ3) is 9.85. The molecular weight excluding hydrogens is 608 g/mol. The van der Waals surface area contributed by atoms with Gasteiger partial charge >= 0.3 is 0 Å². The van der Waals surface area contributed by atoms with Gasteiger partial charge in [0, 0.05) is 64.4 Å². The van der Waals surface area contributed by atoms with Crippen molar-refractivity contribution in [3.63, 3.8) is 0 Å². The SMILES string of the molecule is COc1cccc(CN2CCC3(CC2)CC(=O)NCC[C@H]2CN(C4CCC(F)(F)CC4)CC[C@H]2CC(=O)N[C@@H](C)[C@@H](O)CC(=O)N3)c1. The van der Waals surface area contributed by atoms with Crippen molar-refractivity contribution in [2.45, 2.75) is 114 Å². The summed E-state index contributed by atoms with van der Waals surface area (Å²) in [5.74, 6) is -2.23. The molecule has 10 nitrogen and oxygen atoms in total. The molecule has 47 heavy (non-hydrogen) atoms. The highest BCUT2D eigenvalue weighted by Crippen LogP contribution is 2.38. The molecule has 3 saturated heterocycles. The average Bonchev–Trinajstić information content (AvgIpc) is 3.02.